The van der Waals surface area contributed by atoms with Crippen molar-refractivity contribution in [3.05, 3.63) is 68.5 Å². The Bertz CT molecular complexity index is 999. The summed E-state index contributed by atoms with van der Waals surface area (Å²) in [6.45, 7) is 3.38. The van der Waals surface area contributed by atoms with Crippen molar-refractivity contribution in [1.82, 2.24) is 9.13 Å². The molecule has 1 unspecified atom stereocenters. The molecule has 27 heavy (non-hydrogen) atoms. The molecule has 1 aromatic carbocycles. The molecule has 0 saturated carbocycles. The summed E-state index contributed by atoms with van der Waals surface area (Å²) in [7, 11) is 2.84. The molecule has 0 aliphatic heterocycles. The van der Waals surface area contributed by atoms with E-state index >= 15 is 0 Å². The average molecular weight is 371 g/mol. The molecule has 142 valence electrons. The number of rotatable bonds is 5. The lowest BCUT2D eigenvalue weighted by atomic mass is 10.2. The van der Waals surface area contributed by atoms with Crippen LogP contribution in [0.4, 0.5) is 5.69 Å². The Morgan fingerprint density at radius 2 is 1.78 bits per heavy atom. The molecule has 8 nitrogen and oxygen atoms in total. The summed E-state index contributed by atoms with van der Waals surface area (Å²) >= 11 is 0. The quantitative estimate of drug-likeness (QED) is 0.624. The average Bonchev–Trinajstić information content (AvgIpc) is 2.63. The number of aromatic nitrogens is 2. The number of hydrogen-bond donors (Lipinski definition) is 1. The van der Waals surface area contributed by atoms with Crippen LogP contribution < -0.4 is 16.6 Å². The first-order valence-electron chi connectivity index (χ1n) is 8.22. The maximum atomic E-state index is 12.1. The van der Waals surface area contributed by atoms with Crippen LogP contribution in [0, 0.1) is 6.92 Å². The Morgan fingerprint density at radius 1 is 1.15 bits per heavy atom. The third-order valence-electron chi connectivity index (χ3n) is 3.85. The van der Waals surface area contributed by atoms with Crippen LogP contribution in [0.3, 0.4) is 0 Å². The van der Waals surface area contributed by atoms with Crippen LogP contribution in [-0.2, 0) is 28.4 Å². The van der Waals surface area contributed by atoms with Gasteiger partial charge < -0.3 is 14.6 Å². The molecule has 0 bridgehead atoms. The number of ether oxygens (including phenoxy) is 1. The maximum absolute atomic E-state index is 12.1. The maximum Gasteiger partial charge on any atom is 0.331 e. The van der Waals surface area contributed by atoms with Gasteiger partial charge in [-0.25, -0.2) is 9.59 Å². The van der Waals surface area contributed by atoms with E-state index in [-0.39, 0.29) is 5.56 Å². The van der Waals surface area contributed by atoms with Crippen LogP contribution in [0.2, 0.25) is 0 Å². The SMILES string of the molecule is Cc1ccc(NC(=O)C(C)OC(=O)/C=C/c2cn(C)c(=O)n(C)c2=O)cc1. The van der Waals surface area contributed by atoms with Gasteiger partial charge in [-0.15, -0.1) is 0 Å². The van der Waals surface area contributed by atoms with Gasteiger partial charge in [0.05, 0.1) is 5.56 Å². The lowest BCUT2D eigenvalue weighted by Crippen LogP contribution is -2.37. The normalized spacial score (nSPS) is 12.0. The highest BCUT2D eigenvalue weighted by Crippen LogP contribution is 2.09. The zero-order valence-corrected chi connectivity index (χ0v) is 15.6. The zero-order valence-electron chi connectivity index (χ0n) is 15.6. The molecule has 0 radical (unpaired) electrons. The monoisotopic (exact) mass is 371 g/mol. The Balaban J connectivity index is 2.01. The Hall–Kier alpha value is -3.42. The minimum atomic E-state index is -1.02. The van der Waals surface area contributed by atoms with Crippen molar-refractivity contribution in [2.24, 2.45) is 14.1 Å². The number of carbonyl (C=O) groups is 2. The van der Waals surface area contributed by atoms with Crippen molar-refractivity contribution in [2.45, 2.75) is 20.0 Å². The van der Waals surface area contributed by atoms with Crippen molar-refractivity contribution in [2.75, 3.05) is 5.32 Å². The number of nitrogens with zero attached hydrogens (tertiary/aromatic N) is 2. The first kappa shape index (κ1) is 19.9. The molecule has 0 spiro atoms. The summed E-state index contributed by atoms with van der Waals surface area (Å²) in [5, 5.41) is 2.65. The van der Waals surface area contributed by atoms with Crippen LogP contribution in [0.1, 0.15) is 18.1 Å². The largest absolute Gasteiger partial charge is 0.449 e. The molecule has 8 heteroatoms. The smallest absolute Gasteiger partial charge is 0.331 e. The highest BCUT2D eigenvalue weighted by molar-refractivity contribution is 5.96. The van der Waals surface area contributed by atoms with E-state index in [4.69, 9.17) is 4.74 Å². The van der Waals surface area contributed by atoms with E-state index in [9.17, 15) is 19.2 Å². The van der Waals surface area contributed by atoms with Gasteiger partial charge in [0.25, 0.3) is 11.5 Å². The van der Waals surface area contributed by atoms with Crippen LogP contribution in [-0.4, -0.2) is 27.1 Å². The fraction of sp³-hybridized carbons (Fsp3) is 0.263. The fourth-order valence-corrected chi connectivity index (χ4v) is 2.26. The minimum Gasteiger partial charge on any atom is -0.449 e. The summed E-state index contributed by atoms with van der Waals surface area (Å²) in [5.74, 6) is -1.25. The first-order valence-corrected chi connectivity index (χ1v) is 8.22. The van der Waals surface area contributed by atoms with E-state index in [0.717, 1.165) is 16.2 Å². The molecular formula is C19H21N3O5. The molecule has 0 aliphatic carbocycles. The van der Waals surface area contributed by atoms with Crippen molar-refractivity contribution in [1.29, 1.82) is 0 Å². The molecule has 1 N–H and O–H groups in total. The van der Waals surface area contributed by atoms with Crippen molar-refractivity contribution in [3.63, 3.8) is 0 Å². The van der Waals surface area contributed by atoms with Crippen LogP contribution in [0.25, 0.3) is 6.08 Å². The van der Waals surface area contributed by atoms with Gasteiger partial charge in [-0.05, 0) is 32.1 Å². The number of nitrogens with one attached hydrogen (secondary N) is 1. The fourth-order valence-electron chi connectivity index (χ4n) is 2.26. The minimum absolute atomic E-state index is 0.147. The number of benzene rings is 1. The molecule has 1 atom stereocenters. The Labute approximate surface area is 155 Å². The van der Waals surface area contributed by atoms with E-state index in [1.807, 2.05) is 19.1 Å². The molecule has 0 aliphatic rings. The lowest BCUT2D eigenvalue weighted by molar-refractivity contribution is -0.148. The number of carbonyl (C=O) groups excluding carboxylic acids is 2. The highest BCUT2D eigenvalue weighted by atomic mass is 16.5. The van der Waals surface area contributed by atoms with Gasteiger partial charge >= 0.3 is 11.7 Å². The summed E-state index contributed by atoms with van der Waals surface area (Å²) in [6.07, 6.45) is 2.58. The molecular weight excluding hydrogens is 350 g/mol. The van der Waals surface area contributed by atoms with Gasteiger partial charge in [-0.2, -0.15) is 0 Å². The number of anilines is 1. The lowest BCUT2D eigenvalue weighted by Gasteiger charge is -2.12. The van der Waals surface area contributed by atoms with Crippen LogP contribution in [0.15, 0.2) is 46.1 Å². The first-order chi connectivity index (χ1) is 12.7. The summed E-state index contributed by atoms with van der Waals surface area (Å²) in [5.41, 5.74) is 0.793. The van der Waals surface area contributed by atoms with Gasteiger partial charge in [0.2, 0.25) is 0 Å². The predicted molar refractivity (Wildman–Crippen MR) is 101 cm³/mol. The van der Waals surface area contributed by atoms with Crippen LogP contribution >= 0.6 is 0 Å². The molecule has 0 saturated heterocycles. The Morgan fingerprint density at radius 3 is 2.41 bits per heavy atom. The zero-order chi connectivity index (χ0) is 20.1. The van der Waals surface area contributed by atoms with Crippen LogP contribution in [0.5, 0.6) is 0 Å². The van der Waals surface area contributed by atoms with Gasteiger partial charge in [0, 0.05) is 32.1 Å². The van der Waals surface area contributed by atoms with Gasteiger partial charge in [0.1, 0.15) is 0 Å². The van der Waals surface area contributed by atoms with E-state index in [1.54, 1.807) is 12.1 Å². The molecule has 1 amide bonds. The van der Waals surface area contributed by atoms with Crippen molar-refractivity contribution < 1.29 is 14.3 Å². The number of esters is 1. The highest BCUT2D eigenvalue weighted by Gasteiger charge is 2.16. The third-order valence-corrected chi connectivity index (χ3v) is 3.85. The molecule has 2 aromatic rings. The Kier molecular flexibility index (Phi) is 6.12. The molecule has 2 rings (SSSR count). The topological polar surface area (TPSA) is 99.4 Å². The van der Waals surface area contributed by atoms with E-state index in [0.29, 0.717) is 5.69 Å². The second-order valence-corrected chi connectivity index (χ2v) is 6.11. The van der Waals surface area contributed by atoms with Gasteiger partial charge in [-0.3, -0.25) is 14.2 Å². The number of hydrogen-bond acceptors (Lipinski definition) is 5. The summed E-state index contributed by atoms with van der Waals surface area (Å²) in [4.78, 5) is 47.6. The molecule has 1 heterocycles. The third kappa shape index (κ3) is 5.04. The van der Waals surface area contributed by atoms with Crippen molar-refractivity contribution in [3.8, 4) is 0 Å². The standard InChI is InChI=1S/C19H21N3O5/c1-12-5-8-15(9-6-12)20-17(24)13(2)27-16(23)10-7-14-11-21(3)19(26)22(4)18(14)25/h5-11,13H,1-4H3,(H,20,24)/b10-7+. The second-order valence-electron chi connectivity index (χ2n) is 6.11. The number of amides is 1. The molecule has 0 fully saturated rings. The van der Waals surface area contributed by atoms with Gasteiger partial charge in [0.15, 0.2) is 6.10 Å². The summed E-state index contributed by atoms with van der Waals surface area (Å²) < 4.78 is 7.20. The number of aryl methyl sites for hydroxylation is 2. The van der Waals surface area contributed by atoms with Gasteiger partial charge in [-0.1, -0.05) is 17.7 Å². The van der Waals surface area contributed by atoms with E-state index in [2.05, 4.69) is 5.32 Å². The van der Waals surface area contributed by atoms with E-state index < -0.39 is 29.2 Å². The molecule has 1 aromatic heterocycles. The predicted octanol–water partition coefficient (Wildman–Crippen LogP) is 0.976. The second kappa shape index (κ2) is 8.31. The summed E-state index contributed by atoms with van der Waals surface area (Å²) in [6, 6.07) is 7.19. The van der Waals surface area contributed by atoms with Crippen molar-refractivity contribution >= 4 is 23.6 Å². The van der Waals surface area contributed by atoms with E-state index in [1.165, 1.54) is 37.9 Å².